The highest BCUT2D eigenvalue weighted by Crippen LogP contribution is 2.19. The van der Waals surface area contributed by atoms with Crippen LogP contribution in [-0.2, 0) is 36.8 Å². The molecule has 13 heteroatoms. The molecule has 3 rings (SSSR count). The number of para-hydroxylation sites is 1. The molecule has 0 bridgehead atoms. The Labute approximate surface area is 247 Å². The second kappa shape index (κ2) is 15.5. The first-order valence-corrected chi connectivity index (χ1v) is 14.0. The molecule has 224 valence electrons. The lowest BCUT2D eigenvalue weighted by Gasteiger charge is -2.24. The molecule has 1 heterocycles. The number of carbonyl (C=O) groups is 5. The summed E-state index contributed by atoms with van der Waals surface area (Å²) in [6, 6.07) is 9.79. The zero-order valence-electron chi connectivity index (χ0n) is 22.7. The molecule has 0 saturated heterocycles. The smallest absolute Gasteiger partial charge is 0.327 e. The number of carboxylic acids is 2. The molecular weight excluding hydrogens is 564 g/mol. The summed E-state index contributed by atoms with van der Waals surface area (Å²) >= 11 is 3.94. The van der Waals surface area contributed by atoms with Gasteiger partial charge in [0.2, 0.25) is 17.7 Å². The van der Waals surface area contributed by atoms with Crippen molar-refractivity contribution in [3.63, 3.8) is 0 Å². The molecule has 3 atom stereocenters. The highest BCUT2D eigenvalue weighted by molar-refractivity contribution is 7.80. The van der Waals surface area contributed by atoms with E-state index in [0.717, 1.165) is 16.5 Å². The molecule has 1 aromatic heterocycles. The van der Waals surface area contributed by atoms with Crippen LogP contribution in [0.15, 0.2) is 54.7 Å². The number of benzene rings is 2. The summed E-state index contributed by atoms with van der Waals surface area (Å²) in [6.45, 7) is 0. The second-order valence-electron chi connectivity index (χ2n) is 9.78. The number of aliphatic carboxylic acids is 2. The fourth-order valence-corrected chi connectivity index (χ4v) is 4.64. The van der Waals surface area contributed by atoms with Gasteiger partial charge in [0.15, 0.2) is 0 Å². The van der Waals surface area contributed by atoms with E-state index in [4.69, 9.17) is 0 Å². The lowest BCUT2D eigenvalue weighted by molar-refractivity contribution is -0.141. The number of aromatic amines is 1. The average molecular weight is 599 g/mol. The van der Waals surface area contributed by atoms with Crippen LogP contribution in [0.25, 0.3) is 10.9 Å². The summed E-state index contributed by atoms with van der Waals surface area (Å²) in [4.78, 5) is 64.9. The number of fused-ring (bicyclic) bond motifs is 1. The monoisotopic (exact) mass is 598 g/mol. The van der Waals surface area contributed by atoms with Crippen molar-refractivity contribution < 1.29 is 39.3 Å². The third-order valence-electron chi connectivity index (χ3n) is 6.63. The number of aromatic nitrogens is 1. The molecule has 3 aromatic rings. The number of amides is 3. The van der Waals surface area contributed by atoms with Gasteiger partial charge in [-0.3, -0.25) is 19.2 Å². The lowest BCUT2D eigenvalue weighted by Crippen LogP contribution is -2.56. The average Bonchev–Trinajstić information content (AvgIpc) is 3.37. The van der Waals surface area contributed by atoms with Crippen molar-refractivity contribution in [2.75, 3.05) is 5.75 Å². The van der Waals surface area contributed by atoms with Gasteiger partial charge >= 0.3 is 11.9 Å². The van der Waals surface area contributed by atoms with Crippen molar-refractivity contribution >= 4 is 53.2 Å². The highest BCUT2D eigenvalue weighted by atomic mass is 32.1. The van der Waals surface area contributed by atoms with E-state index in [0.29, 0.717) is 18.4 Å². The minimum atomic E-state index is -1.32. The van der Waals surface area contributed by atoms with Gasteiger partial charge in [-0.15, -0.1) is 0 Å². The normalized spacial score (nSPS) is 13.1. The Morgan fingerprint density at radius 2 is 1.50 bits per heavy atom. The number of nitrogens with one attached hydrogen (secondary N) is 4. The predicted molar refractivity (Wildman–Crippen MR) is 157 cm³/mol. The van der Waals surface area contributed by atoms with Crippen LogP contribution < -0.4 is 16.0 Å². The Morgan fingerprint density at radius 1 is 0.833 bits per heavy atom. The van der Waals surface area contributed by atoms with Gasteiger partial charge in [0.1, 0.15) is 23.9 Å². The van der Waals surface area contributed by atoms with E-state index >= 15 is 0 Å². The second-order valence-corrected chi connectivity index (χ2v) is 10.1. The quantitative estimate of drug-likeness (QED) is 0.114. The van der Waals surface area contributed by atoms with Gasteiger partial charge in [-0.2, -0.15) is 12.6 Å². The summed E-state index contributed by atoms with van der Waals surface area (Å²) in [5.41, 5.74) is 2.58. The number of hydrogen-bond acceptors (Lipinski definition) is 7. The lowest BCUT2D eigenvalue weighted by atomic mass is 10.0. The van der Waals surface area contributed by atoms with Crippen LogP contribution >= 0.6 is 12.6 Å². The van der Waals surface area contributed by atoms with Crippen molar-refractivity contribution in [2.45, 2.75) is 56.7 Å². The van der Waals surface area contributed by atoms with E-state index in [1.165, 1.54) is 24.3 Å². The first-order chi connectivity index (χ1) is 20.1. The summed E-state index contributed by atoms with van der Waals surface area (Å²) in [6.07, 6.45) is 2.34. The van der Waals surface area contributed by atoms with Gasteiger partial charge in [0, 0.05) is 42.1 Å². The maximum atomic E-state index is 13.3. The van der Waals surface area contributed by atoms with E-state index in [1.54, 1.807) is 0 Å². The molecule has 0 aliphatic carbocycles. The van der Waals surface area contributed by atoms with Crippen LogP contribution in [0.2, 0.25) is 0 Å². The largest absolute Gasteiger partial charge is 0.508 e. The Kier molecular flexibility index (Phi) is 11.8. The molecule has 0 fully saturated rings. The molecular formula is C29H34N4O8S. The molecule has 0 aliphatic rings. The number of hydrogen-bond donors (Lipinski definition) is 8. The molecule has 0 aliphatic heterocycles. The molecule has 2 aromatic carbocycles. The Morgan fingerprint density at radius 3 is 2.17 bits per heavy atom. The van der Waals surface area contributed by atoms with Crippen molar-refractivity contribution in [2.24, 2.45) is 0 Å². The van der Waals surface area contributed by atoms with Gasteiger partial charge in [-0.25, -0.2) is 4.79 Å². The van der Waals surface area contributed by atoms with E-state index in [1.807, 2.05) is 30.5 Å². The van der Waals surface area contributed by atoms with E-state index in [9.17, 15) is 39.3 Å². The molecule has 12 nitrogen and oxygen atoms in total. The van der Waals surface area contributed by atoms with Crippen molar-refractivity contribution in [3.05, 3.63) is 65.9 Å². The third kappa shape index (κ3) is 9.54. The number of thiol groups is 1. The molecule has 7 N–H and O–H groups in total. The number of carbonyl (C=O) groups excluding carboxylic acids is 3. The number of carboxylic acid groups (broad SMARTS) is 2. The topological polar surface area (TPSA) is 198 Å². The predicted octanol–water partition coefficient (Wildman–Crippen LogP) is 1.77. The number of phenolic OH excluding ortho intramolecular Hbond substituents is 1. The van der Waals surface area contributed by atoms with Crippen LogP contribution in [0, 0.1) is 0 Å². The minimum absolute atomic E-state index is 0.00839. The molecule has 42 heavy (non-hydrogen) atoms. The third-order valence-corrected chi connectivity index (χ3v) is 6.99. The minimum Gasteiger partial charge on any atom is -0.508 e. The molecule has 3 amide bonds. The highest BCUT2D eigenvalue weighted by Gasteiger charge is 2.29. The van der Waals surface area contributed by atoms with Crippen molar-refractivity contribution in [1.82, 2.24) is 20.9 Å². The van der Waals surface area contributed by atoms with E-state index < -0.39 is 54.2 Å². The SMILES string of the molecule is O=C(O)CC[C@H](NC(=O)CCCc1c[nH]c2ccccc12)C(=O)N[C@@H](Cc1ccc(O)cc1)C(=O)N[C@@H](CS)C(=O)O. The fraction of sp³-hybridized carbons (Fsp3) is 0.345. The summed E-state index contributed by atoms with van der Waals surface area (Å²) in [5, 5.41) is 36.6. The zero-order chi connectivity index (χ0) is 30.6. The van der Waals surface area contributed by atoms with Crippen LogP contribution in [-0.4, -0.2) is 73.8 Å². The van der Waals surface area contributed by atoms with Gasteiger partial charge < -0.3 is 36.3 Å². The molecule has 0 spiro atoms. The number of aromatic hydroxyl groups is 1. The first-order valence-electron chi connectivity index (χ1n) is 13.4. The zero-order valence-corrected chi connectivity index (χ0v) is 23.6. The molecule has 0 unspecified atom stereocenters. The van der Waals surface area contributed by atoms with Gasteiger partial charge in [0.25, 0.3) is 0 Å². The molecule has 0 saturated carbocycles. The van der Waals surface area contributed by atoms with Crippen LogP contribution in [0.4, 0.5) is 0 Å². The standard InChI is InChI=1S/C29H34N4O8S/c34-19-10-8-17(9-11-19)14-23(28(39)33-24(16-42)29(40)41)32-27(38)22(12-13-26(36)37)31-25(35)7-3-4-18-15-30-21-6-2-1-5-20(18)21/h1-2,5-6,8-11,15,22-24,30,34,42H,3-4,7,12-14,16H2,(H,31,35)(H,32,38)(H,33,39)(H,36,37)(H,40,41)/t22-,23-,24-/m0/s1. The number of H-pyrrole nitrogens is 1. The number of phenols is 1. The first kappa shape index (κ1) is 32.0. The summed E-state index contributed by atoms with van der Waals surface area (Å²) < 4.78 is 0. The summed E-state index contributed by atoms with van der Waals surface area (Å²) in [5.74, 6) is -4.74. The van der Waals surface area contributed by atoms with Crippen molar-refractivity contribution in [1.29, 1.82) is 0 Å². The van der Waals surface area contributed by atoms with E-state index in [2.05, 4.69) is 33.6 Å². The van der Waals surface area contributed by atoms with E-state index in [-0.39, 0.29) is 30.8 Å². The van der Waals surface area contributed by atoms with Crippen molar-refractivity contribution in [3.8, 4) is 5.75 Å². The fourth-order valence-electron chi connectivity index (χ4n) is 4.39. The maximum absolute atomic E-state index is 13.3. The Hall–Kier alpha value is -4.52. The number of aryl methyl sites for hydroxylation is 1. The van der Waals surface area contributed by atoms with Crippen LogP contribution in [0.3, 0.4) is 0 Å². The van der Waals surface area contributed by atoms with Gasteiger partial charge in [-0.05, 0) is 48.6 Å². The summed E-state index contributed by atoms with van der Waals surface area (Å²) in [7, 11) is 0. The van der Waals surface area contributed by atoms with Crippen LogP contribution in [0.1, 0.15) is 36.8 Å². The Bertz CT molecular complexity index is 1410. The van der Waals surface area contributed by atoms with Gasteiger partial charge in [0.05, 0.1) is 0 Å². The Balaban J connectivity index is 1.68. The number of rotatable bonds is 16. The maximum Gasteiger partial charge on any atom is 0.327 e. The molecule has 0 radical (unpaired) electrons. The van der Waals surface area contributed by atoms with Gasteiger partial charge in [-0.1, -0.05) is 30.3 Å². The van der Waals surface area contributed by atoms with Crippen LogP contribution in [0.5, 0.6) is 5.75 Å².